The third kappa shape index (κ3) is 11.3. The van der Waals surface area contributed by atoms with Crippen molar-refractivity contribution in [3.8, 4) is 0 Å². The zero-order valence-corrected chi connectivity index (χ0v) is 19.1. The van der Waals surface area contributed by atoms with Gasteiger partial charge in [0.15, 0.2) is 0 Å². The molecule has 0 fully saturated rings. The smallest absolute Gasteiger partial charge is 0.407 e. The quantitative estimate of drug-likeness (QED) is 0.309. The molecule has 10 nitrogen and oxygen atoms in total. The van der Waals surface area contributed by atoms with Crippen LogP contribution in [0.5, 0.6) is 0 Å². The highest BCUT2D eigenvalue weighted by atomic mass is 16.6. The Morgan fingerprint density at radius 1 is 0.969 bits per heavy atom. The molecule has 1 atom stereocenters. The summed E-state index contributed by atoms with van der Waals surface area (Å²) in [5.74, 6) is -1.51. The van der Waals surface area contributed by atoms with Gasteiger partial charge in [0, 0.05) is 19.2 Å². The molecule has 3 N–H and O–H groups in total. The first-order valence-electron chi connectivity index (χ1n) is 10.5. The lowest BCUT2D eigenvalue weighted by atomic mass is 10.0. The van der Waals surface area contributed by atoms with E-state index in [9.17, 15) is 19.2 Å². The Kier molecular flexibility index (Phi) is 12.4. The van der Waals surface area contributed by atoms with Gasteiger partial charge in [-0.2, -0.15) is 0 Å². The number of esters is 1. The van der Waals surface area contributed by atoms with Crippen LogP contribution in [0.4, 0.5) is 10.5 Å². The molecule has 0 aliphatic rings. The lowest BCUT2D eigenvalue weighted by molar-refractivity contribution is -0.142. The fourth-order valence-corrected chi connectivity index (χ4v) is 2.50. The maximum absolute atomic E-state index is 12.4. The Labute approximate surface area is 188 Å². The lowest BCUT2D eigenvalue weighted by Crippen LogP contribution is -2.51. The van der Waals surface area contributed by atoms with Gasteiger partial charge in [0.25, 0.3) is 0 Å². The molecule has 1 rings (SSSR count). The zero-order chi connectivity index (χ0) is 23.9. The van der Waals surface area contributed by atoms with Gasteiger partial charge in [0.1, 0.15) is 19.3 Å². The van der Waals surface area contributed by atoms with E-state index in [1.165, 1.54) is 6.92 Å². The first-order chi connectivity index (χ1) is 15.2. The number of amides is 3. The van der Waals surface area contributed by atoms with Crippen molar-refractivity contribution in [1.82, 2.24) is 10.6 Å². The Morgan fingerprint density at radius 3 is 2.25 bits per heavy atom. The third-order valence-corrected chi connectivity index (χ3v) is 4.13. The summed E-state index contributed by atoms with van der Waals surface area (Å²) in [6.07, 6.45) is 0.147. The van der Waals surface area contributed by atoms with Crippen LogP contribution in [-0.2, 0) is 35.2 Å². The molecular weight excluding hydrogens is 418 g/mol. The minimum Gasteiger partial charge on any atom is -0.461 e. The number of nitrogens with one attached hydrogen (secondary N) is 3. The van der Waals surface area contributed by atoms with Crippen molar-refractivity contribution in [1.29, 1.82) is 0 Å². The molecule has 1 aromatic rings. The van der Waals surface area contributed by atoms with Crippen LogP contribution in [-0.4, -0.2) is 56.3 Å². The molecule has 0 bridgehead atoms. The highest BCUT2D eigenvalue weighted by Gasteiger charge is 2.25. The van der Waals surface area contributed by atoms with E-state index in [-0.39, 0.29) is 38.3 Å². The van der Waals surface area contributed by atoms with Gasteiger partial charge >= 0.3 is 12.1 Å². The molecule has 3 amide bonds. The van der Waals surface area contributed by atoms with E-state index in [1.54, 1.807) is 38.1 Å². The van der Waals surface area contributed by atoms with E-state index < -0.39 is 23.9 Å². The van der Waals surface area contributed by atoms with E-state index in [4.69, 9.17) is 14.2 Å². The van der Waals surface area contributed by atoms with Crippen LogP contribution >= 0.6 is 0 Å². The van der Waals surface area contributed by atoms with Gasteiger partial charge in [-0.25, -0.2) is 4.79 Å². The van der Waals surface area contributed by atoms with Crippen LogP contribution in [0.2, 0.25) is 0 Å². The van der Waals surface area contributed by atoms with Crippen molar-refractivity contribution in [3.05, 3.63) is 29.8 Å². The monoisotopic (exact) mass is 451 g/mol. The number of rotatable bonds is 13. The first-order valence-corrected chi connectivity index (χ1v) is 10.5. The van der Waals surface area contributed by atoms with Gasteiger partial charge in [-0.1, -0.05) is 32.9 Å². The van der Waals surface area contributed by atoms with Crippen molar-refractivity contribution >= 4 is 29.6 Å². The minimum atomic E-state index is -0.854. The van der Waals surface area contributed by atoms with Crippen LogP contribution in [0.3, 0.4) is 0 Å². The molecule has 0 unspecified atom stereocenters. The number of carbonyl (C=O) groups is 4. The van der Waals surface area contributed by atoms with Crippen LogP contribution in [0, 0.1) is 5.92 Å². The van der Waals surface area contributed by atoms with Gasteiger partial charge < -0.3 is 30.2 Å². The van der Waals surface area contributed by atoms with E-state index >= 15 is 0 Å². The average molecular weight is 452 g/mol. The van der Waals surface area contributed by atoms with Gasteiger partial charge in [-0.15, -0.1) is 0 Å². The standard InChI is InChI=1S/C22H33N3O7/c1-5-10-30-11-12-31-22(29)25-20(15(2)3)21(28)23-13-19(27)24-18-8-6-17(7-9-18)14-32-16(4)26/h6-9,15,20H,5,10-14H2,1-4H3,(H,23,28)(H,24,27)(H,25,29)/t20-/m0/s1. The van der Waals surface area contributed by atoms with E-state index in [0.717, 1.165) is 12.0 Å². The number of hydrogen-bond acceptors (Lipinski definition) is 7. The third-order valence-electron chi connectivity index (χ3n) is 4.13. The molecule has 0 saturated carbocycles. The topological polar surface area (TPSA) is 132 Å². The average Bonchev–Trinajstić information content (AvgIpc) is 2.75. The normalized spacial score (nSPS) is 11.4. The fraction of sp³-hybridized carbons (Fsp3) is 0.545. The Hall–Kier alpha value is -3.14. The molecular formula is C22H33N3O7. The fourth-order valence-electron chi connectivity index (χ4n) is 2.50. The summed E-state index contributed by atoms with van der Waals surface area (Å²) in [5.41, 5.74) is 1.31. The number of carbonyl (C=O) groups excluding carboxylic acids is 4. The van der Waals surface area contributed by atoms with Crippen LogP contribution in [0.15, 0.2) is 24.3 Å². The lowest BCUT2D eigenvalue weighted by Gasteiger charge is -2.21. The molecule has 32 heavy (non-hydrogen) atoms. The SMILES string of the molecule is CCCOCCOC(=O)N[C@H](C(=O)NCC(=O)Nc1ccc(COC(C)=O)cc1)C(C)C. The van der Waals surface area contributed by atoms with Gasteiger partial charge in [0.05, 0.1) is 13.2 Å². The molecule has 0 saturated heterocycles. The predicted octanol–water partition coefficient (Wildman–Crippen LogP) is 1.98. The van der Waals surface area contributed by atoms with Crippen LogP contribution in [0.25, 0.3) is 0 Å². The molecule has 0 radical (unpaired) electrons. The van der Waals surface area contributed by atoms with Crippen LogP contribution in [0.1, 0.15) is 39.7 Å². The minimum absolute atomic E-state index is 0.0837. The summed E-state index contributed by atoms with van der Waals surface area (Å²) < 4.78 is 15.1. The highest BCUT2D eigenvalue weighted by Crippen LogP contribution is 2.10. The first kappa shape index (κ1) is 26.9. The van der Waals surface area contributed by atoms with E-state index in [2.05, 4.69) is 16.0 Å². The van der Waals surface area contributed by atoms with Gasteiger partial charge in [-0.3, -0.25) is 14.4 Å². The number of hydrogen-bond donors (Lipinski definition) is 3. The van der Waals surface area contributed by atoms with Crippen molar-refractivity contribution in [2.45, 2.75) is 46.8 Å². The van der Waals surface area contributed by atoms with Gasteiger partial charge in [-0.05, 0) is 30.0 Å². The highest BCUT2D eigenvalue weighted by molar-refractivity contribution is 5.95. The van der Waals surface area contributed by atoms with Gasteiger partial charge in [0.2, 0.25) is 11.8 Å². The van der Waals surface area contributed by atoms with Crippen molar-refractivity contribution in [3.63, 3.8) is 0 Å². The Balaban J connectivity index is 2.43. The number of alkyl carbamates (subject to hydrolysis) is 1. The largest absolute Gasteiger partial charge is 0.461 e. The molecule has 0 spiro atoms. The summed E-state index contributed by atoms with van der Waals surface area (Å²) in [6.45, 7) is 7.68. The number of anilines is 1. The maximum Gasteiger partial charge on any atom is 0.407 e. The van der Waals surface area contributed by atoms with Crippen molar-refractivity contribution in [2.24, 2.45) is 5.92 Å². The molecule has 10 heteroatoms. The summed E-state index contributed by atoms with van der Waals surface area (Å²) >= 11 is 0. The second-order valence-electron chi connectivity index (χ2n) is 7.36. The molecule has 1 aromatic carbocycles. The second kappa shape index (κ2) is 14.8. The Bertz CT molecular complexity index is 750. The molecule has 0 aliphatic heterocycles. The van der Waals surface area contributed by atoms with Crippen molar-refractivity contribution in [2.75, 3.05) is 31.7 Å². The summed E-state index contributed by atoms with van der Waals surface area (Å²) in [6, 6.07) is 5.91. The van der Waals surface area contributed by atoms with E-state index in [1.807, 2.05) is 6.92 Å². The van der Waals surface area contributed by atoms with E-state index in [0.29, 0.717) is 12.3 Å². The van der Waals surface area contributed by atoms with Crippen LogP contribution < -0.4 is 16.0 Å². The number of benzene rings is 1. The molecule has 178 valence electrons. The molecule has 0 heterocycles. The van der Waals surface area contributed by atoms with Crippen molar-refractivity contribution < 1.29 is 33.4 Å². The molecule has 0 aromatic heterocycles. The Morgan fingerprint density at radius 2 is 1.66 bits per heavy atom. The summed E-state index contributed by atoms with van der Waals surface area (Å²) in [4.78, 5) is 47.3. The second-order valence-corrected chi connectivity index (χ2v) is 7.36. The maximum atomic E-state index is 12.4. The molecule has 0 aliphatic carbocycles. The number of ether oxygens (including phenoxy) is 3. The summed E-state index contributed by atoms with van der Waals surface area (Å²) in [5, 5.41) is 7.68. The summed E-state index contributed by atoms with van der Waals surface area (Å²) in [7, 11) is 0. The zero-order valence-electron chi connectivity index (χ0n) is 19.1. The predicted molar refractivity (Wildman–Crippen MR) is 118 cm³/mol.